The van der Waals surface area contributed by atoms with Gasteiger partial charge in [0.25, 0.3) is 0 Å². The van der Waals surface area contributed by atoms with Gasteiger partial charge in [0.1, 0.15) is 5.75 Å². The number of aryl methyl sites for hydroxylation is 1. The van der Waals surface area contributed by atoms with E-state index in [0.717, 1.165) is 69.1 Å². The quantitative estimate of drug-likeness (QED) is 0.383. The molecule has 5 nitrogen and oxygen atoms in total. The SMILES string of the molecule is CCS(=O)C1CCCC(NC(=NC)NCCCCOc2ccc(C)cc2)C1. The van der Waals surface area contributed by atoms with Crippen molar-refractivity contribution in [3.63, 3.8) is 0 Å². The van der Waals surface area contributed by atoms with E-state index in [2.05, 4.69) is 34.7 Å². The van der Waals surface area contributed by atoms with E-state index in [1.807, 2.05) is 19.1 Å². The highest BCUT2D eigenvalue weighted by molar-refractivity contribution is 7.85. The van der Waals surface area contributed by atoms with Gasteiger partial charge < -0.3 is 15.4 Å². The third-order valence-corrected chi connectivity index (χ3v) is 6.74. The summed E-state index contributed by atoms with van der Waals surface area (Å²) in [4.78, 5) is 4.33. The lowest BCUT2D eigenvalue weighted by Gasteiger charge is -2.30. The van der Waals surface area contributed by atoms with Crippen LogP contribution in [0, 0.1) is 6.92 Å². The molecule has 2 N–H and O–H groups in total. The summed E-state index contributed by atoms with van der Waals surface area (Å²) in [6, 6.07) is 8.54. The maximum atomic E-state index is 12.1. The van der Waals surface area contributed by atoms with Crippen LogP contribution in [0.25, 0.3) is 0 Å². The van der Waals surface area contributed by atoms with E-state index >= 15 is 0 Å². The van der Waals surface area contributed by atoms with E-state index in [4.69, 9.17) is 4.74 Å². The van der Waals surface area contributed by atoms with Gasteiger partial charge in [0.2, 0.25) is 0 Å². The third-order valence-electron chi connectivity index (χ3n) is 5.00. The number of ether oxygens (including phenoxy) is 1. The minimum atomic E-state index is -0.692. The number of unbranched alkanes of at least 4 members (excludes halogenated alkanes) is 1. The van der Waals surface area contributed by atoms with E-state index in [1.165, 1.54) is 5.56 Å². The Morgan fingerprint density at radius 1 is 1.26 bits per heavy atom. The van der Waals surface area contributed by atoms with Crippen molar-refractivity contribution in [1.29, 1.82) is 0 Å². The Morgan fingerprint density at radius 3 is 2.74 bits per heavy atom. The maximum Gasteiger partial charge on any atom is 0.191 e. The lowest BCUT2D eigenvalue weighted by molar-refractivity contribution is 0.307. The molecule has 0 radical (unpaired) electrons. The first-order chi connectivity index (χ1) is 13.1. The minimum absolute atomic E-state index is 0.332. The molecule has 1 aliphatic rings. The first-order valence-electron chi connectivity index (χ1n) is 10.2. The molecule has 0 amide bonds. The van der Waals surface area contributed by atoms with E-state index in [9.17, 15) is 4.21 Å². The molecule has 1 aromatic carbocycles. The number of rotatable bonds is 9. The fraction of sp³-hybridized carbons (Fsp3) is 0.667. The number of hydrogen-bond acceptors (Lipinski definition) is 3. The second-order valence-corrected chi connectivity index (χ2v) is 9.17. The van der Waals surface area contributed by atoms with Crippen LogP contribution < -0.4 is 15.4 Å². The Morgan fingerprint density at radius 2 is 2.04 bits per heavy atom. The Bertz CT molecular complexity index is 604. The van der Waals surface area contributed by atoms with Crippen molar-refractivity contribution in [1.82, 2.24) is 10.6 Å². The Labute approximate surface area is 166 Å². The number of benzene rings is 1. The number of nitrogens with one attached hydrogen (secondary N) is 2. The van der Waals surface area contributed by atoms with Crippen LogP contribution in [0.4, 0.5) is 0 Å². The summed E-state index contributed by atoms with van der Waals surface area (Å²) >= 11 is 0. The largest absolute Gasteiger partial charge is 0.494 e. The number of guanidine groups is 1. The summed E-state index contributed by atoms with van der Waals surface area (Å²) in [6.07, 6.45) is 6.36. The van der Waals surface area contributed by atoms with Gasteiger partial charge in [-0.3, -0.25) is 9.20 Å². The summed E-state index contributed by atoms with van der Waals surface area (Å²) in [6.45, 7) is 5.68. The normalized spacial score (nSPS) is 21.5. The van der Waals surface area contributed by atoms with E-state index in [1.54, 1.807) is 7.05 Å². The van der Waals surface area contributed by atoms with Crippen molar-refractivity contribution in [2.45, 2.75) is 63.7 Å². The average Bonchev–Trinajstić information content (AvgIpc) is 2.70. The van der Waals surface area contributed by atoms with Gasteiger partial charge in [-0.15, -0.1) is 0 Å². The van der Waals surface area contributed by atoms with Crippen molar-refractivity contribution < 1.29 is 8.95 Å². The zero-order valence-electron chi connectivity index (χ0n) is 17.0. The van der Waals surface area contributed by atoms with Gasteiger partial charge >= 0.3 is 0 Å². The number of hydrogen-bond donors (Lipinski definition) is 2. The summed E-state index contributed by atoms with van der Waals surface area (Å²) < 4.78 is 17.8. The fourth-order valence-corrected chi connectivity index (χ4v) is 4.74. The van der Waals surface area contributed by atoms with Gasteiger partial charge in [0.15, 0.2) is 5.96 Å². The Hall–Kier alpha value is -1.56. The first-order valence-corrected chi connectivity index (χ1v) is 11.5. The average molecular weight is 394 g/mol. The molecule has 2 rings (SSSR count). The van der Waals surface area contributed by atoms with Gasteiger partial charge in [-0.25, -0.2) is 0 Å². The maximum absolute atomic E-state index is 12.1. The van der Waals surface area contributed by atoms with Gasteiger partial charge in [-0.05, 0) is 51.2 Å². The molecule has 1 fully saturated rings. The van der Waals surface area contributed by atoms with Crippen molar-refractivity contribution in [3.05, 3.63) is 29.8 Å². The molecule has 0 aliphatic heterocycles. The molecular formula is C21H35N3O2S. The molecular weight excluding hydrogens is 358 g/mol. The smallest absolute Gasteiger partial charge is 0.191 e. The highest BCUT2D eigenvalue weighted by Crippen LogP contribution is 2.23. The summed E-state index contributed by atoms with van der Waals surface area (Å²) in [7, 11) is 1.11. The Kier molecular flexibility index (Phi) is 9.67. The topological polar surface area (TPSA) is 62.7 Å². The molecule has 1 saturated carbocycles. The van der Waals surface area contributed by atoms with Gasteiger partial charge in [-0.2, -0.15) is 0 Å². The fourth-order valence-electron chi connectivity index (χ4n) is 3.40. The van der Waals surface area contributed by atoms with Crippen LogP contribution >= 0.6 is 0 Å². The van der Waals surface area contributed by atoms with Crippen LogP contribution in [-0.2, 0) is 10.8 Å². The van der Waals surface area contributed by atoms with Crippen LogP contribution in [0.3, 0.4) is 0 Å². The predicted octanol–water partition coefficient (Wildman–Crippen LogP) is 3.40. The third kappa shape index (κ3) is 7.91. The van der Waals surface area contributed by atoms with Gasteiger partial charge in [0, 0.05) is 41.4 Å². The molecule has 0 spiro atoms. The molecule has 0 saturated heterocycles. The van der Waals surface area contributed by atoms with E-state index in [-0.39, 0.29) is 0 Å². The number of aliphatic imine (C=N–C) groups is 1. The molecule has 0 bridgehead atoms. The molecule has 3 atom stereocenters. The second kappa shape index (κ2) is 12.0. The highest BCUT2D eigenvalue weighted by Gasteiger charge is 2.25. The zero-order chi connectivity index (χ0) is 19.5. The summed E-state index contributed by atoms with van der Waals surface area (Å²) in [5.74, 6) is 2.54. The first kappa shape index (κ1) is 21.7. The van der Waals surface area contributed by atoms with Crippen LogP contribution in [0.5, 0.6) is 5.75 Å². The lowest BCUT2D eigenvalue weighted by Crippen LogP contribution is -2.46. The summed E-state index contributed by atoms with van der Waals surface area (Å²) in [5, 5.41) is 7.23. The number of nitrogens with zero attached hydrogens (tertiary/aromatic N) is 1. The molecule has 0 heterocycles. The van der Waals surface area contributed by atoms with Gasteiger partial charge in [0.05, 0.1) is 6.61 Å². The monoisotopic (exact) mass is 393 g/mol. The Balaban J connectivity index is 1.61. The lowest BCUT2D eigenvalue weighted by atomic mass is 9.95. The van der Waals surface area contributed by atoms with Crippen molar-refractivity contribution >= 4 is 16.8 Å². The second-order valence-electron chi connectivity index (χ2n) is 7.17. The standard InChI is InChI=1S/C21H35N3O2S/c1-4-27(25)20-9-7-8-18(16-20)24-21(22-3)23-14-5-6-15-26-19-12-10-17(2)11-13-19/h10-13,18,20H,4-9,14-16H2,1-3H3,(H2,22,23,24). The highest BCUT2D eigenvalue weighted by atomic mass is 32.2. The molecule has 152 valence electrons. The van der Waals surface area contributed by atoms with Crippen molar-refractivity contribution in [2.24, 2.45) is 4.99 Å². The molecule has 27 heavy (non-hydrogen) atoms. The molecule has 6 heteroatoms. The van der Waals surface area contributed by atoms with Gasteiger partial charge in [-0.1, -0.05) is 31.0 Å². The molecule has 1 aromatic rings. The van der Waals surface area contributed by atoms with Crippen LogP contribution in [0.15, 0.2) is 29.3 Å². The van der Waals surface area contributed by atoms with Crippen LogP contribution in [0.1, 0.15) is 51.0 Å². The molecule has 1 aliphatic carbocycles. The van der Waals surface area contributed by atoms with Crippen molar-refractivity contribution in [2.75, 3.05) is 26.0 Å². The van der Waals surface area contributed by atoms with Crippen LogP contribution in [-0.4, -0.2) is 47.4 Å². The predicted molar refractivity (Wildman–Crippen MR) is 115 cm³/mol. The van der Waals surface area contributed by atoms with Crippen molar-refractivity contribution in [3.8, 4) is 5.75 Å². The van der Waals surface area contributed by atoms with E-state index < -0.39 is 10.8 Å². The van der Waals surface area contributed by atoms with E-state index in [0.29, 0.717) is 11.3 Å². The zero-order valence-corrected chi connectivity index (χ0v) is 17.8. The molecule has 3 unspecified atom stereocenters. The summed E-state index contributed by atoms with van der Waals surface area (Å²) in [5.41, 5.74) is 1.25. The molecule has 0 aromatic heterocycles. The minimum Gasteiger partial charge on any atom is -0.494 e. The van der Waals surface area contributed by atoms with Crippen LogP contribution in [0.2, 0.25) is 0 Å².